The van der Waals surface area contributed by atoms with E-state index in [0.29, 0.717) is 12.1 Å². The van der Waals surface area contributed by atoms with Crippen molar-refractivity contribution in [2.45, 2.75) is 13.5 Å². The number of halogens is 2. The van der Waals surface area contributed by atoms with Crippen molar-refractivity contribution < 1.29 is 13.6 Å². The summed E-state index contributed by atoms with van der Waals surface area (Å²) >= 11 is 0. The molecule has 0 spiro atoms. The number of aryl methyl sites for hydroxylation is 1. The number of benzene rings is 1. The third-order valence-corrected chi connectivity index (χ3v) is 4.53. The lowest BCUT2D eigenvalue weighted by molar-refractivity contribution is 0.102. The molecule has 0 aliphatic rings. The quantitative estimate of drug-likeness (QED) is 0.469. The second kappa shape index (κ2) is 7.67. The third-order valence-electron chi connectivity index (χ3n) is 4.53. The van der Waals surface area contributed by atoms with E-state index in [0.717, 1.165) is 28.9 Å². The van der Waals surface area contributed by atoms with Crippen LogP contribution >= 0.6 is 0 Å². The monoisotopic (exact) mass is 393 g/mol. The molecule has 0 aliphatic carbocycles. The number of amides is 1. The van der Waals surface area contributed by atoms with Gasteiger partial charge in [-0.3, -0.25) is 4.79 Å². The van der Waals surface area contributed by atoms with Crippen molar-refractivity contribution >= 4 is 28.4 Å². The smallest absolute Gasteiger partial charge is 0.259 e. The van der Waals surface area contributed by atoms with E-state index >= 15 is 0 Å². The molecule has 0 fully saturated rings. The van der Waals surface area contributed by atoms with Crippen LogP contribution in [0.1, 0.15) is 21.5 Å². The fraction of sp³-hybridized carbons (Fsp3) is 0.0952. The van der Waals surface area contributed by atoms with Gasteiger partial charge in [-0.1, -0.05) is 6.07 Å². The van der Waals surface area contributed by atoms with Crippen LogP contribution in [0.2, 0.25) is 0 Å². The number of hydrogen-bond acceptors (Lipinski definition) is 4. The maximum atomic E-state index is 13.8. The van der Waals surface area contributed by atoms with Crippen LogP contribution < -0.4 is 10.6 Å². The third kappa shape index (κ3) is 3.91. The lowest BCUT2D eigenvalue weighted by Crippen LogP contribution is -2.16. The summed E-state index contributed by atoms with van der Waals surface area (Å²) in [6.45, 7) is 1.98. The van der Waals surface area contributed by atoms with Gasteiger partial charge in [0.15, 0.2) is 0 Å². The molecule has 0 bridgehead atoms. The highest BCUT2D eigenvalue weighted by Gasteiger charge is 2.15. The van der Waals surface area contributed by atoms with Crippen LogP contribution in [-0.4, -0.2) is 20.9 Å². The predicted molar refractivity (Wildman–Crippen MR) is 107 cm³/mol. The summed E-state index contributed by atoms with van der Waals surface area (Å²) in [6.07, 6.45) is 4.49. The Morgan fingerprint density at radius 2 is 2.00 bits per heavy atom. The second-order valence-electron chi connectivity index (χ2n) is 6.53. The fourth-order valence-corrected chi connectivity index (χ4v) is 2.97. The number of H-pyrrole nitrogens is 1. The topological polar surface area (TPSA) is 82.7 Å². The molecule has 146 valence electrons. The van der Waals surface area contributed by atoms with Gasteiger partial charge < -0.3 is 15.6 Å². The average molecular weight is 393 g/mol. The van der Waals surface area contributed by atoms with Gasteiger partial charge >= 0.3 is 0 Å². The van der Waals surface area contributed by atoms with Gasteiger partial charge in [0.1, 0.15) is 23.1 Å². The fourth-order valence-electron chi connectivity index (χ4n) is 2.97. The van der Waals surface area contributed by atoms with Crippen LogP contribution in [0.25, 0.3) is 11.0 Å². The van der Waals surface area contributed by atoms with E-state index in [9.17, 15) is 13.6 Å². The number of rotatable bonds is 5. The number of nitrogens with one attached hydrogen (secondary N) is 3. The molecule has 3 N–H and O–H groups in total. The molecular formula is C21H17F2N5O. The minimum Gasteiger partial charge on any atom is -0.365 e. The first-order chi connectivity index (χ1) is 14.0. The van der Waals surface area contributed by atoms with Crippen molar-refractivity contribution in [3.63, 3.8) is 0 Å². The maximum Gasteiger partial charge on any atom is 0.259 e. The van der Waals surface area contributed by atoms with Crippen LogP contribution in [0.5, 0.6) is 0 Å². The minimum absolute atomic E-state index is 0.0188. The first-order valence-electron chi connectivity index (χ1n) is 8.89. The zero-order valence-electron chi connectivity index (χ0n) is 15.5. The highest BCUT2D eigenvalue weighted by atomic mass is 19.1. The predicted octanol–water partition coefficient (Wildman–Crippen LogP) is 4.41. The highest BCUT2D eigenvalue weighted by Crippen LogP contribution is 2.21. The van der Waals surface area contributed by atoms with Gasteiger partial charge in [-0.25, -0.2) is 18.7 Å². The van der Waals surface area contributed by atoms with Gasteiger partial charge in [-0.05, 0) is 48.4 Å². The Morgan fingerprint density at radius 3 is 2.83 bits per heavy atom. The summed E-state index contributed by atoms with van der Waals surface area (Å²) in [5.41, 5.74) is 2.44. The number of carbonyl (C=O) groups is 1. The van der Waals surface area contributed by atoms with Crippen molar-refractivity contribution in [2.24, 2.45) is 0 Å². The van der Waals surface area contributed by atoms with Crippen LogP contribution in [0, 0.1) is 18.6 Å². The number of aromatic amines is 1. The number of pyridine rings is 2. The van der Waals surface area contributed by atoms with Gasteiger partial charge in [0.25, 0.3) is 5.91 Å². The van der Waals surface area contributed by atoms with Gasteiger partial charge in [-0.2, -0.15) is 0 Å². The Kier molecular flexibility index (Phi) is 4.90. The normalized spacial score (nSPS) is 10.9. The number of nitrogens with zero attached hydrogens (tertiary/aromatic N) is 2. The van der Waals surface area contributed by atoms with Crippen molar-refractivity contribution in [1.29, 1.82) is 0 Å². The Bertz CT molecular complexity index is 1200. The lowest BCUT2D eigenvalue weighted by atomic mass is 10.1. The average Bonchev–Trinajstić information content (AvgIpc) is 3.19. The largest absolute Gasteiger partial charge is 0.365 e. The summed E-state index contributed by atoms with van der Waals surface area (Å²) in [5.74, 6) is -1.46. The van der Waals surface area contributed by atoms with E-state index in [4.69, 9.17) is 0 Å². The molecule has 1 amide bonds. The van der Waals surface area contributed by atoms with Crippen molar-refractivity contribution in [3.05, 3.63) is 83.3 Å². The summed E-state index contributed by atoms with van der Waals surface area (Å²) in [5, 5.41) is 6.58. The lowest BCUT2D eigenvalue weighted by Gasteiger charge is -2.12. The summed E-state index contributed by atoms with van der Waals surface area (Å²) < 4.78 is 27.5. The Morgan fingerprint density at radius 1 is 1.14 bits per heavy atom. The minimum atomic E-state index is -0.646. The summed E-state index contributed by atoms with van der Waals surface area (Å²) in [7, 11) is 0. The molecule has 0 aliphatic heterocycles. The molecular weight excluding hydrogens is 376 g/mol. The zero-order chi connectivity index (χ0) is 20.4. The first-order valence-corrected chi connectivity index (χ1v) is 8.89. The number of aromatic nitrogens is 3. The molecule has 4 aromatic rings. The number of anilines is 2. The molecule has 8 heteroatoms. The van der Waals surface area contributed by atoms with Crippen molar-refractivity contribution in [2.75, 3.05) is 10.6 Å². The number of fused-ring (bicyclic) bond motifs is 1. The molecule has 0 radical (unpaired) electrons. The second-order valence-corrected chi connectivity index (χ2v) is 6.53. The molecule has 4 rings (SSSR count). The van der Waals surface area contributed by atoms with Gasteiger partial charge in [-0.15, -0.1) is 0 Å². The van der Waals surface area contributed by atoms with Crippen molar-refractivity contribution in [3.8, 4) is 0 Å². The van der Waals surface area contributed by atoms with E-state index in [2.05, 4.69) is 25.6 Å². The standard InChI is InChI=1S/C21H17F2N5O/c1-12-2-3-15(9-18(12)23)28-21(29)17-8-14(22)11-27-20(17)26-10-13-4-6-24-19-16(13)5-7-25-19/h2-9,11H,10H2,1H3,(H,24,25)(H,26,27)(H,28,29). The van der Waals surface area contributed by atoms with Crippen LogP contribution in [0.3, 0.4) is 0 Å². The summed E-state index contributed by atoms with van der Waals surface area (Å²) in [4.78, 5) is 23.9. The van der Waals surface area contributed by atoms with E-state index in [1.165, 1.54) is 6.07 Å². The molecule has 29 heavy (non-hydrogen) atoms. The number of hydrogen-bond donors (Lipinski definition) is 3. The van der Waals surface area contributed by atoms with Crippen molar-refractivity contribution in [1.82, 2.24) is 15.0 Å². The molecule has 0 saturated carbocycles. The zero-order valence-corrected chi connectivity index (χ0v) is 15.5. The molecule has 3 aromatic heterocycles. The molecule has 0 unspecified atom stereocenters. The van der Waals surface area contributed by atoms with E-state index in [1.54, 1.807) is 31.5 Å². The van der Waals surface area contributed by atoms with E-state index in [1.807, 2.05) is 12.1 Å². The Balaban J connectivity index is 1.57. The van der Waals surface area contributed by atoms with Crippen LogP contribution in [0.15, 0.2) is 55.0 Å². The molecule has 0 saturated heterocycles. The van der Waals surface area contributed by atoms with Crippen LogP contribution in [0.4, 0.5) is 20.3 Å². The first kappa shape index (κ1) is 18.5. The SMILES string of the molecule is Cc1ccc(NC(=O)c2cc(F)cnc2NCc2ccnc3[nH]ccc23)cc1F. The highest BCUT2D eigenvalue weighted by molar-refractivity contribution is 6.07. The maximum absolute atomic E-state index is 13.8. The van der Waals surface area contributed by atoms with E-state index < -0.39 is 17.5 Å². The molecule has 0 atom stereocenters. The van der Waals surface area contributed by atoms with Gasteiger partial charge in [0.2, 0.25) is 0 Å². The Labute approximate surface area is 165 Å². The van der Waals surface area contributed by atoms with Crippen LogP contribution in [-0.2, 0) is 6.54 Å². The Hall–Kier alpha value is -3.81. The molecule has 6 nitrogen and oxygen atoms in total. The molecule has 3 heterocycles. The number of carbonyl (C=O) groups excluding carboxylic acids is 1. The molecule has 1 aromatic carbocycles. The van der Waals surface area contributed by atoms with Gasteiger partial charge in [0, 0.05) is 30.0 Å². The summed E-state index contributed by atoms with van der Waals surface area (Å²) in [6, 6.07) is 9.19. The van der Waals surface area contributed by atoms with Gasteiger partial charge in [0.05, 0.1) is 11.8 Å². The van der Waals surface area contributed by atoms with E-state index in [-0.39, 0.29) is 17.1 Å².